The van der Waals surface area contributed by atoms with E-state index in [2.05, 4.69) is 0 Å². The largest absolute Gasteiger partial charge is 0.507 e. The average molecular weight is 272 g/mol. The van der Waals surface area contributed by atoms with Gasteiger partial charge in [-0.05, 0) is 35.9 Å². The van der Waals surface area contributed by atoms with E-state index in [9.17, 15) is 14.3 Å². The normalized spacial score (nSPS) is 10.7. The lowest BCUT2D eigenvalue weighted by molar-refractivity contribution is 0.104. The summed E-state index contributed by atoms with van der Waals surface area (Å²) in [5, 5.41) is 9.52. The highest BCUT2D eigenvalue weighted by Gasteiger charge is 2.08. The maximum atomic E-state index is 12.8. The van der Waals surface area contributed by atoms with Gasteiger partial charge in [0, 0.05) is 6.07 Å². The van der Waals surface area contributed by atoms with Crippen LogP contribution in [-0.2, 0) is 0 Å². The molecule has 102 valence electrons. The summed E-state index contributed by atoms with van der Waals surface area (Å²) in [6, 6.07) is 10.5. The predicted molar refractivity (Wildman–Crippen MR) is 74.4 cm³/mol. The second-order valence-electron chi connectivity index (χ2n) is 4.13. The van der Waals surface area contributed by atoms with Crippen molar-refractivity contribution < 1.29 is 19.0 Å². The molecule has 2 aromatic rings. The Balaban J connectivity index is 2.15. The first-order valence-electron chi connectivity index (χ1n) is 5.95. The van der Waals surface area contributed by atoms with Crippen molar-refractivity contribution in [2.45, 2.75) is 0 Å². The number of hydrogen-bond acceptors (Lipinski definition) is 3. The third kappa shape index (κ3) is 3.23. The fraction of sp³-hybridized carbons (Fsp3) is 0.0625. The van der Waals surface area contributed by atoms with Gasteiger partial charge in [-0.25, -0.2) is 4.39 Å². The predicted octanol–water partition coefficient (Wildman–Crippen LogP) is 3.44. The minimum Gasteiger partial charge on any atom is -0.507 e. The van der Waals surface area contributed by atoms with Crippen LogP contribution in [0.3, 0.4) is 0 Å². The summed E-state index contributed by atoms with van der Waals surface area (Å²) < 4.78 is 17.9. The van der Waals surface area contributed by atoms with Gasteiger partial charge >= 0.3 is 0 Å². The Bertz CT molecular complexity index is 645. The number of ether oxygens (including phenoxy) is 1. The SMILES string of the molecule is COc1ccc(C=CC(=O)c2ccc(F)cc2O)cc1. The number of phenolic OH excluding ortho intramolecular Hbond substituents is 1. The molecule has 1 N–H and O–H groups in total. The number of rotatable bonds is 4. The zero-order valence-electron chi connectivity index (χ0n) is 10.8. The fourth-order valence-electron chi connectivity index (χ4n) is 1.69. The number of phenols is 1. The van der Waals surface area contributed by atoms with Crippen molar-refractivity contribution >= 4 is 11.9 Å². The molecule has 0 spiro atoms. The summed E-state index contributed by atoms with van der Waals surface area (Å²) in [5.41, 5.74) is 0.886. The van der Waals surface area contributed by atoms with Gasteiger partial charge in [0.1, 0.15) is 17.3 Å². The van der Waals surface area contributed by atoms with Crippen LogP contribution in [0.1, 0.15) is 15.9 Å². The van der Waals surface area contributed by atoms with E-state index in [0.717, 1.165) is 23.4 Å². The lowest BCUT2D eigenvalue weighted by Crippen LogP contribution is -1.95. The molecule has 0 atom stereocenters. The van der Waals surface area contributed by atoms with Gasteiger partial charge in [0.15, 0.2) is 5.78 Å². The van der Waals surface area contributed by atoms with Gasteiger partial charge in [-0.15, -0.1) is 0 Å². The Morgan fingerprint density at radius 2 is 1.90 bits per heavy atom. The van der Waals surface area contributed by atoms with Gasteiger partial charge < -0.3 is 9.84 Å². The fourth-order valence-corrected chi connectivity index (χ4v) is 1.69. The molecule has 2 rings (SSSR count). The first kappa shape index (κ1) is 13.8. The first-order valence-corrected chi connectivity index (χ1v) is 5.95. The van der Waals surface area contributed by atoms with Gasteiger partial charge in [-0.1, -0.05) is 18.2 Å². The van der Waals surface area contributed by atoms with Crippen LogP contribution in [-0.4, -0.2) is 18.0 Å². The van der Waals surface area contributed by atoms with Crippen LogP contribution in [0.2, 0.25) is 0 Å². The van der Waals surface area contributed by atoms with Crippen molar-refractivity contribution in [2.24, 2.45) is 0 Å². The lowest BCUT2D eigenvalue weighted by Gasteiger charge is -2.01. The molecule has 4 heteroatoms. The second kappa shape index (κ2) is 6.02. The molecule has 0 fully saturated rings. The van der Waals surface area contributed by atoms with E-state index in [4.69, 9.17) is 4.74 Å². The summed E-state index contributed by atoms with van der Waals surface area (Å²) in [6.45, 7) is 0. The smallest absolute Gasteiger partial charge is 0.189 e. The molecule has 0 bridgehead atoms. The van der Waals surface area contributed by atoms with Crippen molar-refractivity contribution in [1.29, 1.82) is 0 Å². The minimum absolute atomic E-state index is 0.0659. The van der Waals surface area contributed by atoms with Crippen LogP contribution in [0.5, 0.6) is 11.5 Å². The van der Waals surface area contributed by atoms with Crippen molar-refractivity contribution in [1.82, 2.24) is 0 Å². The zero-order chi connectivity index (χ0) is 14.5. The van der Waals surface area contributed by atoms with E-state index < -0.39 is 11.6 Å². The van der Waals surface area contributed by atoms with Crippen LogP contribution in [0, 0.1) is 5.82 Å². The first-order chi connectivity index (χ1) is 9.60. The lowest BCUT2D eigenvalue weighted by atomic mass is 10.1. The number of allylic oxidation sites excluding steroid dienone is 1. The van der Waals surface area contributed by atoms with Crippen LogP contribution >= 0.6 is 0 Å². The van der Waals surface area contributed by atoms with E-state index in [1.54, 1.807) is 37.5 Å². The van der Waals surface area contributed by atoms with Gasteiger partial charge in [0.25, 0.3) is 0 Å². The second-order valence-corrected chi connectivity index (χ2v) is 4.13. The molecular formula is C16H13FO3. The number of carbonyl (C=O) groups is 1. The van der Waals surface area contributed by atoms with Crippen LogP contribution < -0.4 is 4.74 Å². The maximum Gasteiger partial charge on any atom is 0.189 e. The number of aromatic hydroxyl groups is 1. The average Bonchev–Trinajstić information content (AvgIpc) is 2.45. The molecule has 0 unspecified atom stereocenters. The van der Waals surface area contributed by atoms with E-state index in [1.165, 1.54) is 12.1 Å². The Hall–Kier alpha value is -2.62. The molecule has 0 saturated heterocycles. The summed E-state index contributed by atoms with van der Waals surface area (Å²) in [7, 11) is 1.58. The molecule has 0 aliphatic heterocycles. The highest BCUT2D eigenvalue weighted by atomic mass is 19.1. The minimum atomic E-state index is -0.585. The van der Waals surface area contributed by atoms with E-state index in [-0.39, 0.29) is 11.3 Å². The number of carbonyl (C=O) groups excluding carboxylic acids is 1. The number of hydrogen-bond donors (Lipinski definition) is 1. The van der Waals surface area contributed by atoms with E-state index >= 15 is 0 Å². The molecule has 2 aromatic carbocycles. The van der Waals surface area contributed by atoms with E-state index in [0.29, 0.717) is 0 Å². The Kier molecular flexibility index (Phi) is 4.15. The summed E-state index contributed by atoms with van der Waals surface area (Å²) in [6.07, 6.45) is 2.94. The summed E-state index contributed by atoms with van der Waals surface area (Å²) in [5.74, 6) is -0.615. The molecule has 3 nitrogen and oxygen atoms in total. The van der Waals surface area contributed by atoms with Gasteiger partial charge in [-0.3, -0.25) is 4.79 Å². The topological polar surface area (TPSA) is 46.5 Å². The molecule has 0 heterocycles. The molecule has 0 radical (unpaired) electrons. The van der Waals surface area contributed by atoms with Crippen LogP contribution in [0.4, 0.5) is 4.39 Å². The van der Waals surface area contributed by atoms with Gasteiger partial charge in [-0.2, -0.15) is 0 Å². The highest BCUT2D eigenvalue weighted by molar-refractivity contribution is 6.08. The Labute approximate surface area is 115 Å². The van der Waals surface area contributed by atoms with Gasteiger partial charge in [0.2, 0.25) is 0 Å². The maximum absolute atomic E-state index is 12.8. The van der Waals surface area contributed by atoms with Crippen molar-refractivity contribution in [3.05, 3.63) is 65.5 Å². The van der Waals surface area contributed by atoms with Crippen molar-refractivity contribution in [2.75, 3.05) is 7.11 Å². The van der Waals surface area contributed by atoms with Crippen LogP contribution in [0.15, 0.2) is 48.5 Å². The van der Waals surface area contributed by atoms with Crippen molar-refractivity contribution in [3.8, 4) is 11.5 Å². The molecule has 0 aliphatic rings. The number of methoxy groups -OCH3 is 1. The molecule has 0 saturated carbocycles. The van der Waals surface area contributed by atoms with Crippen molar-refractivity contribution in [3.63, 3.8) is 0 Å². The van der Waals surface area contributed by atoms with Crippen LogP contribution in [0.25, 0.3) is 6.08 Å². The number of ketones is 1. The third-order valence-electron chi connectivity index (χ3n) is 2.77. The summed E-state index contributed by atoms with van der Waals surface area (Å²) >= 11 is 0. The number of halogens is 1. The zero-order valence-corrected chi connectivity index (χ0v) is 10.8. The molecular weight excluding hydrogens is 259 g/mol. The van der Waals surface area contributed by atoms with Gasteiger partial charge in [0.05, 0.1) is 12.7 Å². The highest BCUT2D eigenvalue weighted by Crippen LogP contribution is 2.19. The molecule has 0 amide bonds. The molecule has 0 aromatic heterocycles. The summed E-state index contributed by atoms with van der Waals surface area (Å²) in [4.78, 5) is 11.9. The standard InChI is InChI=1S/C16H13FO3/c1-20-13-6-2-11(3-7-13)4-9-15(18)14-8-5-12(17)10-16(14)19/h2-10,19H,1H3. The third-order valence-corrected chi connectivity index (χ3v) is 2.77. The Morgan fingerprint density at radius 3 is 2.50 bits per heavy atom. The molecule has 20 heavy (non-hydrogen) atoms. The quantitative estimate of drug-likeness (QED) is 0.685. The number of benzene rings is 2. The van der Waals surface area contributed by atoms with E-state index in [1.807, 2.05) is 0 Å². The Morgan fingerprint density at radius 1 is 1.20 bits per heavy atom. The molecule has 0 aliphatic carbocycles. The monoisotopic (exact) mass is 272 g/mol.